The van der Waals surface area contributed by atoms with E-state index in [-0.39, 0.29) is 23.8 Å². The van der Waals surface area contributed by atoms with Crippen LogP contribution in [-0.4, -0.2) is 41.0 Å². The molecule has 7 heteroatoms. The van der Waals surface area contributed by atoms with Crippen LogP contribution in [0.4, 0.5) is 11.4 Å². The Morgan fingerprint density at radius 2 is 2.07 bits per heavy atom. The van der Waals surface area contributed by atoms with Crippen LogP contribution in [0.2, 0.25) is 0 Å². The molecule has 29 heavy (non-hydrogen) atoms. The average Bonchev–Trinajstić information content (AvgIpc) is 3.42. The molecule has 4 N–H and O–H groups in total. The predicted molar refractivity (Wildman–Crippen MR) is 114 cm³/mol. The van der Waals surface area contributed by atoms with Gasteiger partial charge in [0.25, 0.3) is 0 Å². The van der Waals surface area contributed by atoms with E-state index in [0.29, 0.717) is 5.92 Å². The summed E-state index contributed by atoms with van der Waals surface area (Å²) in [6.45, 7) is 0. The zero-order valence-electron chi connectivity index (χ0n) is 16.5. The fourth-order valence-corrected chi connectivity index (χ4v) is 4.68. The standard InChI is InChI=1S/C22H24N6O/c1-28(2)15-5-3-4-14(11-15)21-26-19-16(8-9-24-22(19)27-21)25-18-13-7-6-12(10-13)17(18)20(23)29/h3-9,11-13,17-18H,10H2,1-2H3,(H2,23,29)(H2,24,25,26,27). The summed E-state index contributed by atoms with van der Waals surface area (Å²) < 4.78 is 0. The molecule has 0 saturated heterocycles. The lowest BCUT2D eigenvalue weighted by Crippen LogP contribution is -2.41. The molecule has 2 aliphatic rings. The van der Waals surface area contributed by atoms with Crippen LogP contribution < -0.4 is 16.0 Å². The van der Waals surface area contributed by atoms with Gasteiger partial charge in [-0.15, -0.1) is 0 Å². The van der Waals surface area contributed by atoms with Crippen molar-refractivity contribution in [1.29, 1.82) is 0 Å². The highest BCUT2D eigenvalue weighted by Gasteiger charge is 2.47. The molecule has 2 aromatic heterocycles. The highest BCUT2D eigenvalue weighted by atomic mass is 16.1. The summed E-state index contributed by atoms with van der Waals surface area (Å²) in [5, 5.41) is 3.56. The molecule has 2 bridgehead atoms. The van der Waals surface area contributed by atoms with E-state index < -0.39 is 0 Å². The first-order valence-electron chi connectivity index (χ1n) is 9.88. The maximum absolute atomic E-state index is 12.0. The van der Waals surface area contributed by atoms with Crippen LogP contribution in [0, 0.1) is 17.8 Å². The molecule has 5 rings (SSSR count). The Hall–Kier alpha value is -3.35. The van der Waals surface area contributed by atoms with Crippen LogP contribution in [0.1, 0.15) is 6.42 Å². The van der Waals surface area contributed by atoms with Gasteiger partial charge in [0, 0.05) is 37.6 Å². The van der Waals surface area contributed by atoms with Gasteiger partial charge in [0.2, 0.25) is 5.91 Å². The quantitative estimate of drug-likeness (QED) is 0.584. The smallest absolute Gasteiger partial charge is 0.223 e. The molecular weight excluding hydrogens is 364 g/mol. The third-order valence-corrected chi connectivity index (χ3v) is 6.13. The van der Waals surface area contributed by atoms with Gasteiger partial charge in [0.15, 0.2) is 5.65 Å². The largest absolute Gasteiger partial charge is 0.379 e. The van der Waals surface area contributed by atoms with E-state index in [1.807, 2.05) is 32.3 Å². The fourth-order valence-electron chi connectivity index (χ4n) is 4.68. The summed E-state index contributed by atoms with van der Waals surface area (Å²) in [6.07, 6.45) is 7.06. The Labute approximate surface area is 169 Å². The highest BCUT2D eigenvalue weighted by molar-refractivity contribution is 5.89. The summed E-state index contributed by atoms with van der Waals surface area (Å²) in [5.74, 6) is 0.882. The van der Waals surface area contributed by atoms with E-state index in [0.717, 1.165) is 40.3 Å². The number of primary amides is 1. The Kier molecular flexibility index (Phi) is 4.04. The van der Waals surface area contributed by atoms with Crippen LogP contribution in [-0.2, 0) is 4.79 Å². The second-order valence-corrected chi connectivity index (χ2v) is 8.13. The molecule has 1 amide bonds. The zero-order chi connectivity index (χ0) is 20.1. The number of rotatable bonds is 5. The number of nitrogens with zero attached hydrogens (tertiary/aromatic N) is 3. The molecule has 0 aliphatic heterocycles. The molecule has 4 atom stereocenters. The van der Waals surface area contributed by atoms with Gasteiger partial charge in [-0.1, -0.05) is 24.3 Å². The minimum Gasteiger partial charge on any atom is -0.379 e. The number of hydrogen-bond acceptors (Lipinski definition) is 5. The van der Waals surface area contributed by atoms with E-state index in [9.17, 15) is 4.79 Å². The number of carbonyl (C=O) groups is 1. The number of nitrogens with two attached hydrogens (primary N) is 1. The highest BCUT2D eigenvalue weighted by Crippen LogP contribution is 2.45. The minimum absolute atomic E-state index is 0.00896. The second kappa shape index (κ2) is 6.62. The first-order chi connectivity index (χ1) is 14.0. The van der Waals surface area contributed by atoms with E-state index >= 15 is 0 Å². The maximum Gasteiger partial charge on any atom is 0.223 e. The summed E-state index contributed by atoms with van der Waals surface area (Å²) in [4.78, 5) is 26.7. The van der Waals surface area contributed by atoms with Gasteiger partial charge < -0.3 is 20.9 Å². The van der Waals surface area contributed by atoms with E-state index in [4.69, 9.17) is 10.7 Å². The van der Waals surface area contributed by atoms with Crippen molar-refractivity contribution < 1.29 is 4.79 Å². The normalized spacial score (nSPS) is 24.9. The first-order valence-corrected chi connectivity index (χ1v) is 9.88. The molecule has 7 nitrogen and oxygen atoms in total. The number of hydrogen-bond donors (Lipinski definition) is 3. The third kappa shape index (κ3) is 2.93. The minimum atomic E-state index is -0.243. The Morgan fingerprint density at radius 1 is 1.24 bits per heavy atom. The zero-order valence-corrected chi connectivity index (χ0v) is 16.5. The summed E-state index contributed by atoms with van der Waals surface area (Å²) in [6, 6.07) is 10.1. The number of aromatic nitrogens is 3. The average molecular weight is 388 g/mol. The van der Waals surface area contributed by atoms with Gasteiger partial charge in [-0.2, -0.15) is 0 Å². The van der Waals surface area contributed by atoms with Crippen LogP contribution in [0.15, 0.2) is 48.7 Å². The molecule has 4 unspecified atom stereocenters. The van der Waals surface area contributed by atoms with Gasteiger partial charge in [0.1, 0.15) is 11.3 Å². The molecule has 148 valence electrons. The van der Waals surface area contributed by atoms with Crippen molar-refractivity contribution in [1.82, 2.24) is 15.0 Å². The van der Waals surface area contributed by atoms with E-state index in [1.54, 1.807) is 6.20 Å². The van der Waals surface area contributed by atoms with Crippen LogP contribution >= 0.6 is 0 Å². The molecule has 1 aromatic carbocycles. The lowest BCUT2D eigenvalue weighted by molar-refractivity contribution is -0.122. The Morgan fingerprint density at radius 3 is 2.86 bits per heavy atom. The SMILES string of the molecule is CN(C)c1cccc(-c2nc3c(NC4C5C=CC(C5)C4C(N)=O)ccnc3[nH]2)c1. The second-order valence-electron chi connectivity index (χ2n) is 8.13. The summed E-state index contributed by atoms with van der Waals surface area (Å²) >= 11 is 0. The first kappa shape index (κ1) is 17.7. The number of H-pyrrole nitrogens is 1. The third-order valence-electron chi connectivity index (χ3n) is 6.13. The molecule has 3 aromatic rings. The van der Waals surface area contributed by atoms with E-state index in [2.05, 4.69) is 44.5 Å². The predicted octanol–water partition coefficient (Wildman–Crippen LogP) is 2.78. The van der Waals surface area contributed by atoms with Crippen molar-refractivity contribution in [2.45, 2.75) is 12.5 Å². The van der Waals surface area contributed by atoms with Crippen LogP contribution in [0.3, 0.4) is 0 Å². The van der Waals surface area contributed by atoms with Gasteiger partial charge >= 0.3 is 0 Å². The monoisotopic (exact) mass is 388 g/mol. The fraction of sp³-hybridized carbons (Fsp3) is 0.318. The number of imidazole rings is 1. The summed E-state index contributed by atoms with van der Waals surface area (Å²) in [7, 11) is 4.03. The number of anilines is 2. The molecule has 2 heterocycles. The Balaban J connectivity index is 1.51. The molecule has 0 radical (unpaired) electrons. The van der Waals surface area contributed by atoms with Gasteiger partial charge in [0.05, 0.1) is 11.6 Å². The van der Waals surface area contributed by atoms with Crippen molar-refractivity contribution in [3.8, 4) is 11.4 Å². The number of amides is 1. The summed E-state index contributed by atoms with van der Waals surface area (Å²) in [5.41, 5.74) is 10.2. The molecule has 1 saturated carbocycles. The molecular formula is C22H24N6O. The Bertz CT molecular complexity index is 1120. The molecule has 1 fully saturated rings. The number of carbonyl (C=O) groups excluding carboxylic acids is 1. The topological polar surface area (TPSA) is 99.9 Å². The number of pyridine rings is 1. The molecule has 0 spiro atoms. The lowest BCUT2D eigenvalue weighted by atomic mass is 9.88. The van der Waals surface area contributed by atoms with Gasteiger partial charge in [-0.05, 0) is 36.5 Å². The van der Waals surface area contributed by atoms with Crippen molar-refractivity contribution in [2.75, 3.05) is 24.3 Å². The maximum atomic E-state index is 12.0. The van der Waals surface area contributed by atoms with E-state index in [1.165, 1.54) is 0 Å². The number of nitrogens with one attached hydrogen (secondary N) is 2. The van der Waals surface area contributed by atoms with Gasteiger partial charge in [-0.25, -0.2) is 9.97 Å². The van der Waals surface area contributed by atoms with Crippen molar-refractivity contribution in [3.63, 3.8) is 0 Å². The van der Waals surface area contributed by atoms with Crippen molar-refractivity contribution >= 4 is 28.4 Å². The van der Waals surface area contributed by atoms with Crippen molar-refractivity contribution in [3.05, 3.63) is 48.7 Å². The van der Waals surface area contributed by atoms with Crippen molar-refractivity contribution in [2.24, 2.45) is 23.5 Å². The van der Waals surface area contributed by atoms with Gasteiger partial charge in [-0.3, -0.25) is 4.79 Å². The molecule has 2 aliphatic carbocycles. The lowest BCUT2D eigenvalue weighted by Gasteiger charge is -2.27. The number of fused-ring (bicyclic) bond motifs is 3. The number of allylic oxidation sites excluding steroid dienone is 1. The van der Waals surface area contributed by atoms with Crippen LogP contribution in [0.5, 0.6) is 0 Å². The van der Waals surface area contributed by atoms with Crippen LogP contribution in [0.25, 0.3) is 22.6 Å². The number of benzene rings is 1. The number of aromatic amines is 1.